The summed E-state index contributed by atoms with van der Waals surface area (Å²) in [6.07, 6.45) is 5.91. The lowest BCUT2D eigenvalue weighted by Gasteiger charge is -2.26. The van der Waals surface area contributed by atoms with E-state index in [0.717, 1.165) is 61.7 Å². The maximum Gasteiger partial charge on any atom is 0.227 e. The van der Waals surface area contributed by atoms with Crippen molar-refractivity contribution >= 4 is 39.5 Å². The molecule has 4 aromatic carbocycles. The quantitative estimate of drug-likeness (QED) is 0.199. The van der Waals surface area contributed by atoms with Crippen molar-refractivity contribution in [3.05, 3.63) is 170 Å². The molecule has 0 saturated heterocycles. The molecule has 0 aliphatic carbocycles. The van der Waals surface area contributed by atoms with E-state index >= 15 is 0 Å². The van der Waals surface area contributed by atoms with Gasteiger partial charge in [0.05, 0.1) is 11.4 Å². The van der Waals surface area contributed by atoms with Gasteiger partial charge < -0.3 is 18.7 Å². The number of hydrogen-bond donors (Lipinski definition) is 1. The van der Waals surface area contributed by atoms with Crippen LogP contribution in [0.2, 0.25) is 0 Å². The lowest BCUT2D eigenvalue weighted by atomic mass is 10.1. The fourth-order valence-electron chi connectivity index (χ4n) is 5.52. The first kappa shape index (κ1) is 27.1. The summed E-state index contributed by atoms with van der Waals surface area (Å²) in [6, 6.07) is 44.6. The summed E-state index contributed by atoms with van der Waals surface area (Å²) < 4.78 is 8.06. The number of nitrogens with zero attached hydrogens (tertiary/aromatic N) is 5. The van der Waals surface area contributed by atoms with Crippen molar-refractivity contribution in [2.24, 2.45) is 4.99 Å². The maximum atomic E-state index is 6.03. The molecule has 7 nitrogen and oxygen atoms in total. The van der Waals surface area contributed by atoms with E-state index in [0.29, 0.717) is 11.6 Å². The highest BCUT2D eigenvalue weighted by Crippen LogP contribution is 2.37. The highest BCUT2D eigenvalue weighted by molar-refractivity contribution is 5.81. The highest BCUT2D eigenvalue weighted by atomic mass is 16.3. The molecular formula is C39H28N6O. The van der Waals surface area contributed by atoms with Gasteiger partial charge in [0.25, 0.3) is 0 Å². The van der Waals surface area contributed by atoms with Crippen molar-refractivity contribution < 1.29 is 4.42 Å². The number of H-pyrrole nitrogens is 1. The Bertz CT molecular complexity index is 2180. The Kier molecular flexibility index (Phi) is 6.81. The van der Waals surface area contributed by atoms with Gasteiger partial charge in [-0.05, 0) is 90.5 Å². The molecule has 0 unspecified atom stereocenters. The molecule has 0 aliphatic rings. The topological polar surface area (TPSA) is 74.7 Å². The summed E-state index contributed by atoms with van der Waals surface area (Å²) in [5.74, 6) is 0.596. The fraction of sp³-hybridized carbons (Fsp3) is 0. The molecule has 0 atom stereocenters. The van der Waals surface area contributed by atoms with E-state index in [9.17, 15) is 0 Å². The number of anilines is 3. The molecule has 0 aliphatic heterocycles. The van der Waals surface area contributed by atoms with E-state index < -0.39 is 0 Å². The number of aromatic nitrogens is 4. The molecule has 220 valence electrons. The summed E-state index contributed by atoms with van der Waals surface area (Å²) in [5, 5.41) is 0. The zero-order valence-corrected chi connectivity index (χ0v) is 24.8. The lowest BCUT2D eigenvalue weighted by Crippen LogP contribution is -2.10. The van der Waals surface area contributed by atoms with Crippen LogP contribution in [0.25, 0.3) is 45.2 Å². The van der Waals surface area contributed by atoms with Crippen LogP contribution in [0.3, 0.4) is 0 Å². The molecule has 0 amide bonds. The van der Waals surface area contributed by atoms with Crippen LogP contribution in [0.1, 0.15) is 5.56 Å². The Balaban J connectivity index is 1.15. The Morgan fingerprint density at radius 3 is 2.07 bits per heavy atom. The minimum atomic E-state index is 0.596. The van der Waals surface area contributed by atoms with Gasteiger partial charge in [0.1, 0.15) is 16.7 Å². The van der Waals surface area contributed by atoms with Crippen molar-refractivity contribution in [1.82, 2.24) is 19.4 Å². The predicted octanol–water partition coefficient (Wildman–Crippen LogP) is 9.18. The first-order chi connectivity index (χ1) is 22.7. The van der Waals surface area contributed by atoms with E-state index in [1.54, 1.807) is 0 Å². The van der Waals surface area contributed by atoms with Crippen LogP contribution in [0.15, 0.2) is 168 Å². The number of aromatic amines is 1. The summed E-state index contributed by atoms with van der Waals surface area (Å²) in [7, 11) is 0. The smallest absolute Gasteiger partial charge is 0.227 e. The van der Waals surface area contributed by atoms with Gasteiger partial charge in [0, 0.05) is 46.8 Å². The number of pyridine rings is 2. The monoisotopic (exact) mass is 596 g/mol. The molecule has 46 heavy (non-hydrogen) atoms. The second-order valence-corrected chi connectivity index (χ2v) is 10.9. The minimum Gasteiger partial charge on any atom is -0.436 e. The molecule has 1 N–H and O–H groups in total. The zero-order valence-electron chi connectivity index (χ0n) is 24.8. The minimum absolute atomic E-state index is 0.596. The SMILES string of the molecule is C=C(N=c1cccc[nH]1)c1ccc(N(c2ccc(-c3cn4ccccc4n3)cc2)c2ccc(-c3nc4ccccc4o3)cc2)cc1. The van der Waals surface area contributed by atoms with Crippen LogP contribution in [0.4, 0.5) is 17.1 Å². The normalized spacial score (nSPS) is 11.7. The van der Waals surface area contributed by atoms with Crippen LogP contribution in [-0.4, -0.2) is 19.4 Å². The third kappa shape index (κ3) is 5.27. The molecule has 0 radical (unpaired) electrons. The molecule has 0 spiro atoms. The number of para-hydroxylation sites is 2. The van der Waals surface area contributed by atoms with Crippen molar-refractivity contribution in [3.63, 3.8) is 0 Å². The molecule has 0 bridgehead atoms. The number of hydrogen-bond acceptors (Lipinski definition) is 5. The third-order valence-electron chi connectivity index (χ3n) is 7.86. The van der Waals surface area contributed by atoms with Gasteiger partial charge in [-0.1, -0.05) is 55.1 Å². The molecule has 7 heteroatoms. The van der Waals surface area contributed by atoms with Crippen molar-refractivity contribution in [1.29, 1.82) is 0 Å². The second kappa shape index (κ2) is 11.6. The summed E-state index contributed by atoms with van der Waals surface area (Å²) in [6.45, 7) is 4.20. The average molecular weight is 597 g/mol. The van der Waals surface area contributed by atoms with E-state index in [4.69, 9.17) is 9.40 Å². The fourth-order valence-corrected chi connectivity index (χ4v) is 5.52. The van der Waals surface area contributed by atoms with Crippen LogP contribution < -0.4 is 10.4 Å². The standard InChI is InChI=1S/C39H28N6O/c1-27(41-37-10-4-6-24-40-37)28-12-18-31(19-13-28)45(32-20-14-29(15-21-32)35-26-44-25-7-5-11-38(44)42-35)33-22-16-30(17-23-33)39-43-34-8-2-3-9-36(34)46-39/h2-26H,1H2,(H,40,41). The zero-order chi connectivity index (χ0) is 30.9. The molecule has 4 heterocycles. The van der Waals surface area contributed by atoms with Crippen LogP contribution in [0.5, 0.6) is 0 Å². The molecule has 4 aromatic heterocycles. The first-order valence-electron chi connectivity index (χ1n) is 15.0. The van der Waals surface area contributed by atoms with Gasteiger partial charge in [-0.3, -0.25) is 0 Å². The second-order valence-electron chi connectivity index (χ2n) is 10.9. The van der Waals surface area contributed by atoms with E-state index in [1.165, 1.54) is 0 Å². The number of benzene rings is 4. The first-order valence-corrected chi connectivity index (χ1v) is 15.0. The molecule has 0 fully saturated rings. The largest absolute Gasteiger partial charge is 0.436 e. The van der Waals surface area contributed by atoms with Gasteiger partial charge in [0.2, 0.25) is 5.89 Å². The highest BCUT2D eigenvalue weighted by Gasteiger charge is 2.15. The van der Waals surface area contributed by atoms with Gasteiger partial charge in [0.15, 0.2) is 5.58 Å². The van der Waals surface area contributed by atoms with Gasteiger partial charge in [-0.15, -0.1) is 0 Å². The van der Waals surface area contributed by atoms with E-state index in [-0.39, 0.29) is 0 Å². The molecule has 8 rings (SSSR count). The molecule has 8 aromatic rings. The number of oxazole rings is 1. The molecular weight excluding hydrogens is 568 g/mol. The van der Waals surface area contributed by atoms with E-state index in [1.807, 2.05) is 89.6 Å². The Morgan fingerprint density at radius 2 is 1.37 bits per heavy atom. The van der Waals surface area contributed by atoms with Gasteiger partial charge >= 0.3 is 0 Å². The Hall–Kier alpha value is -6.47. The predicted molar refractivity (Wildman–Crippen MR) is 184 cm³/mol. The Labute approximate surface area is 265 Å². The number of imidazole rings is 1. The average Bonchev–Trinajstić information content (AvgIpc) is 3.75. The van der Waals surface area contributed by atoms with E-state index in [2.05, 4.69) is 93.3 Å². The van der Waals surface area contributed by atoms with Crippen LogP contribution in [0, 0.1) is 0 Å². The molecule has 0 saturated carbocycles. The van der Waals surface area contributed by atoms with Gasteiger partial charge in [-0.2, -0.15) is 0 Å². The van der Waals surface area contributed by atoms with Crippen molar-refractivity contribution in [2.75, 3.05) is 4.90 Å². The summed E-state index contributed by atoms with van der Waals surface area (Å²) >= 11 is 0. The lowest BCUT2D eigenvalue weighted by molar-refractivity contribution is 0.620. The van der Waals surface area contributed by atoms with Gasteiger partial charge in [-0.25, -0.2) is 15.0 Å². The van der Waals surface area contributed by atoms with Crippen molar-refractivity contribution in [2.45, 2.75) is 0 Å². The Morgan fingerprint density at radius 1 is 0.696 bits per heavy atom. The third-order valence-corrected chi connectivity index (χ3v) is 7.86. The van der Waals surface area contributed by atoms with Crippen LogP contribution in [-0.2, 0) is 0 Å². The number of rotatable bonds is 7. The van der Waals surface area contributed by atoms with Crippen LogP contribution >= 0.6 is 0 Å². The summed E-state index contributed by atoms with van der Waals surface area (Å²) in [5.41, 5.74) is 10.8. The van der Waals surface area contributed by atoms with Crippen molar-refractivity contribution in [3.8, 4) is 22.7 Å². The summed E-state index contributed by atoms with van der Waals surface area (Å²) in [4.78, 5) is 19.5. The number of nitrogens with one attached hydrogen (secondary N) is 1. The maximum absolute atomic E-state index is 6.03. The number of fused-ring (bicyclic) bond motifs is 2.